The van der Waals surface area contributed by atoms with E-state index in [0.29, 0.717) is 13.2 Å². The van der Waals surface area contributed by atoms with Crippen LogP contribution in [0.25, 0.3) is 0 Å². The van der Waals surface area contributed by atoms with Crippen molar-refractivity contribution in [3.63, 3.8) is 0 Å². The Kier molecular flexibility index (Phi) is 4.33. The quantitative estimate of drug-likeness (QED) is 0.820. The number of carbonyl (C=O) groups excluding carboxylic acids is 1. The molecule has 4 nitrogen and oxygen atoms in total. The predicted octanol–water partition coefficient (Wildman–Crippen LogP) is 1.73. The van der Waals surface area contributed by atoms with Crippen LogP contribution in [0.3, 0.4) is 0 Å². The number of hydrogen-bond donors (Lipinski definition) is 1. The normalized spacial score (nSPS) is 26.2. The van der Waals surface area contributed by atoms with E-state index in [1.165, 1.54) is 0 Å². The predicted molar refractivity (Wildman–Crippen MR) is 66.8 cm³/mol. The molecule has 0 amide bonds. The van der Waals surface area contributed by atoms with Gasteiger partial charge in [-0.05, 0) is 20.8 Å². The number of rotatable bonds is 3. The second kappa shape index (κ2) is 5.04. The molecule has 100 valence electrons. The van der Waals surface area contributed by atoms with Crippen LogP contribution in [0.5, 0.6) is 0 Å². The van der Waals surface area contributed by atoms with Gasteiger partial charge in [0.15, 0.2) is 12.1 Å². The fourth-order valence-corrected chi connectivity index (χ4v) is 1.57. The molecule has 1 saturated heterocycles. The molecule has 0 spiro atoms. The number of ketones is 1. The molecule has 1 aliphatic rings. The van der Waals surface area contributed by atoms with Crippen LogP contribution in [0.15, 0.2) is 0 Å². The van der Waals surface area contributed by atoms with Crippen molar-refractivity contribution in [2.45, 2.75) is 59.5 Å². The molecular weight excluding hydrogens is 218 g/mol. The van der Waals surface area contributed by atoms with Crippen LogP contribution >= 0.6 is 0 Å². The molecule has 0 saturated carbocycles. The van der Waals surface area contributed by atoms with Crippen LogP contribution in [0.2, 0.25) is 0 Å². The molecule has 1 N–H and O–H groups in total. The van der Waals surface area contributed by atoms with Crippen molar-refractivity contribution in [2.24, 2.45) is 5.41 Å². The largest absolute Gasteiger partial charge is 0.348 e. The van der Waals surface area contributed by atoms with Gasteiger partial charge in [-0.15, -0.1) is 0 Å². The Balaban J connectivity index is 2.40. The Hall–Kier alpha value is -0.450. The van der Waals surface area contributed by atoms with Gasteiger partial charge in [0.05, 0.1) is 6.61 Å². The Morgan fingerprint density at radius 2 is 1.82 bits per heavy atom. The molecule has 4 heteroatoms. The van der Waals surface area contributed by atoms with Gasteiger partial charge in [-0.25, -0.2) is 0 Å². The molecule has 0 aromatic heterocycles. The van der Waals surface area contributed by atoms with Gasteiger partial charge >= 0.3 is 0 Å². The minimum atomic E-state index is -0.415. The average Bonchev–Trinajstić information content (AvgIpc) is 2.59. The van der Waals surface area contributed by atoms with Gasteiger partial charge in [-0.2, -0.15) is 0 Å². The summed E-state index contributed by atoms with van der Waals surface area (Å²) < 4.78 is 11.1. The number of nitrogens with one attached hydrogen (secondary N) is 1. The average molecular weight is 243 g/mol. The highest BCUT2D eigenvalue weighted by Gasteiger charge is 2.37. The summed E-state index contributed by atoms with van der Waals surface area (Å²) in [6.07, 6.45) is -0.729. The summed E-state index contributed by atoms with van der Waals surface area (Å²) >= 11 is 0. The van der Waals surface area contributed by atoms with Gasteiger partial charge in [-0.1, -0.05) is 20.8 Å². The zero-order chi connectivity index (χ0) is 13.3. The molecular formula is C13H25NO3. The molecule has 1 aliphatic heterocycles. The number of ether oxygens (including phenoxy) is 2. The van der Waals surface area contributed by atoms with Gasteiger partial charge < -0.3 is 14.8 Å². The van der Waals surface area contributed by atoms with Crippen LogP contribution in [-0.2, 0) is 14.3 Å². The zero-order valence-electron chi connectivity index (χ0n) is 11.8. The van der Waals surface area contributed by atoms with Crippen molar-refractivity contribution in [3.8, 4) is 0 Å². The van der Waals surface area contributed by atoms with Crippen molar-refractivity contribution in [1.29, 1.82) is 0 Å². The van der Waals surface area contributed by atoms with Crippen LogP contribution in [0.1, 0.15) is 41.5 Å². The molecule has 1 heterocycles. The molecule has 1 rings (SSSR count). The highest BCUT2D eigenvalue weighted by Crippen LogP contribution is 2.23. The van der Waals surface area contributed by atoms with Gasteiger partial charge in [0.1, 0.15) is 6.10 Å². The maximum atomic E-state index is 12.0. The summed E-state index contributed by atoms with van der Waals surface area (Å²) in [5.41, 5.74) is -0.348. The number of Topliss-reactive ketones (excluding diaryl/α,β-unsaturated/α-hetero) is 1. The Morgan fingerprint density at radius 1 is 1.24 bits per heavy atom. The minimum absolute atomic E-state index is 0.0266. The first-order valence-electron chi connectivity index (χ1n) is 6.16. The van der Waals surface area contributed by atoms with Crippen molar-refractivity contribution in [1.82, 2.24) is 5.32 Å². The number of carbonyl (C=O) groups is 1. The van der Waals surface area contributed by atoms with Crippen molar-refractivity contribution < 1.29 is 14.3 Å². The molecule has 0 aliphatic carbocycles. The third-order valence-electron chi connectivity index (χ3n) is 2.58. The standard InChI is InChI=1S/C13H25NO3/c1-12(2,3)11(15)9-8-16-10(17-9)7-14-13(4,5)6/h9-10,14H,7-8H2,1-6H3. The van der Waals surface area contributed by atoms with E-state index in [1.807, 2.05) is 20.8 Å². The summed E-state index contributed by atoms with van der Waals surface area (Å²) in [5, 5.41) is 3.30. The van der Waals surface area contributed by atoms with Crippen molar-refractivity contribution >= 4 is 5.78 Å². The van der Waals surface area contributed by atoms with Crippen LogP contribution in [0.4, 0.5) is 0 Å². The van der Waals surface area contributed by atoms with E-state index in [9.17, 15) is 4.79 Å². The van der Waals surface area contributed by atoms with Crippen LogP contribution in [-0.4, -0.2) is 36.9 Å². The molecule has 0 bridgehead atoms. The number of hydrogen-bond acceptors (Lipinski definition) is 4. The summed E-state index contributed by atoms with van der Waals surface area (Å²) in [5.74, 6) is 0.107. The monoisotopic (exact) mass is 243 g/mol. The van der Waals surface area contributed by atoms with Gasteiger partial charge in [-0.3, -0.25) is 4.79 Å². The van der Waals surface area contributed by atoms with E-state index < -0.39 is 6.10 Å². The van der Waals surface area contributed by atoms with Crippen LogP contribution in [0, 0.1) is 5.41 Å². The third-order valence-corrected chi connectivity index (χ3v) is 2.58. The lowest BCUT2D eigenvalue weighted by molar-refractivity contribution is -0.138. The minimum Gasteiger partial charge on any atom is -0.348 e. The maximum absolute atomic E-state index is 12.0. The molecule has 17 heavy (non-hydrogen) atoms. The summed E-state index contributed by atoms with van der Waals surface area (Å²) in [6.45, 7) is 12.9. The first kappa shape index (κ1) is 14.6. The fourth-order valence-electron chi connectivity index (χ4n) is 1.57. The second-order valence-electron chi connectivity index (χ2n) is 6.63. The summed E-state index contributed by atoms with van der Waals surface area (Å²) in [6, 6.07) is 0. The van der Waals surface area contributed by atoms with E-state index in [2.05, 4.69) is 26.1 Å². The molecule has 0 aromatic rings. The lowest BCUT2D eigenvalue weighted by atomic mass is 9.88. The fraction of sp³-hybridized carbons (Fsp3) is 0.923. The molecule has 2 unspecified atom stereocenters. The molecule has 0 aromatic carbocycles. The Bertz CT molecular complexity index is 275. The smallest absolute Gasteiger partial charge is 0.171 e. The van der Waals surface area contributed by atoms with Gasteiger partial charge in [0.25, 0.3) is 0 Å². The summed E-state index contributed by atoms with van der Waals surface area (Å²) in [7, 11) is 0. The highest BCUT2D eigenvalue weighted by molar-refractivity contribution is 5.88. The molecule has 0 radical (unpaired) electrons. The van der Waals surface area contributed by atoms with Crippen molar-refractivity contribution in [2.75, 3.05) is 13.2 Å². The van der Waals surface area contributed by atoms with Crippen LogP contribution < -0.4 is 5.32 Å². The lowest BCUT2D eigenvalue weighted by Crippen LogP contribution is -2.42. The Labute approximate surface area is 104 Å². The van der Waals surface area contributed by atoms with E-state index >= 15 is 0 Å². The third kappa shape index (κ3) is 4.74. The SMILES string of the molecule is CC(C)(C)NCC1OCC(C(=O)C(C)(C)C)O1. The Morgan fingerprint density at radius 3 is 2.29 bits per heavy atom. The highest BCUT2D eigenvalue weighted by atomic mass is 16.7. The first-order chi connectivity index (χ1) is 7.59. The molecule has 1 fully saturated rings. The lowest BCUT2D eigenvalue weighted by Gasteiger charge is -2.23. The van der Waals surface area contributed by atoms with E-state index in [0.717, 1.165) is 0 Å². The van der Waals surface area contributed by atoms with E-state index in [-0.39, 0.29) is 23.0 Å². The van der Waals surface area contributed by atoms with Gasteiger partial charge in [0, 0.05) is 17.5 Å². The van der Waals surface area contributed by atoms with Gasteiger partial charge in [0.2, 0.25) is 0 Å². The molecule has 2 atom stereocenters. The summed E-state index contributed by atoms with van der Waals surface area (Å²) in [4.78, 5) is 12.0. The first-order valence-corrected chi connectivity index (χ1v) is 6.16. The zero-order valence-corrected chi connectivity index (χ0v) is 11.8. The maximum Gasteiger partial charge on any atom is 0.171 e. The van der Waals surface area contributed by atoms with Crippen molar-refractivity contribution in [3.05, 3.63) is 0 Å². The second-order valence-corrected chi connectivity index (χ2v) is 6.63. The topological polar surface area (TPSA) is 47.6 Å². The van der Waals surface area contributed by atoms with E-state index in [4.69, 9.17) is 9.47 Å². The van der Waals surface area contributed by atoms with E-state index in [1.54, 1.807) is 0 Å².